The van der Waals surface area contributed by atoms with Gasteiger partial charge in [0, 0.05) is 12.5 Å². The second-order valence-corrected chi connectivity index (χ2v) is 2.28. The Morgan fingerprint density at radius 2 is 1.91 bits per heavy atom. The van der Waals surface area contributed by atoms with Crippen LogP contribution in [0.4, 0.5) is 4.39 Å². The predicted molar refractivity (Wildman–Crippen MR) is 40.2 cm³/mol. The van der Waals surface area contributed by atoms with E-state index in [1.165, 1.54) is 18.2 Å². The lowest BCUT2D eigenvalue weighted by atomic mass is 10.0. The molecule has 0 saturated heterocycles. The van der Waals surface area contributed by atoms with Crippen LogP contribution in [-0.2, 0) is 5.67 Å². The quantitative estimate of drug-likeness (QED) is 0.599. The monoisotopic (exact) mass is 148 g/mol. The summed E-state index contributed by atoms with van der Waals surface area (Å²) in [7, 11) is 0. The molecule has 0 aromatic heterocycles. The Labute approximate surface area is 65.1 Å². The van der Waals surface area contributed by atoms with Gasteiger partial charge >= 0.3 is 0 Å². The molecule has 1 atom stereocenters. The first kappa shape index (κ1) is 7.74. The number of hydrogen-bond acceptors (Lipinski definition) is 1. The molecule has 11 heavy (non-hydrogen) atoms. The molecule has 0 amide bonds. The van der Waals surface area contributed by atoms with E-state index in [1.807, 2.05) is 0 Å². The SMILES string of the molecule is [CH2]C(F)(C#N)c1ccccc1. The summed E-state index contributed by atoms with van der Waals surface area (Å²) >= 11 is 0. The lowest BCUT2D eigenvalue weighted by Gasteiger charge is -2.09. The van der Waals surface area contributed by atoms with Gasteiger partial charge in [-0.05, 0) is 0 Å². The maximum atomic E-state index is 13.1. The van der Waals surface area contributed by atoms with Gasteiger partial charge in [0.05, 0.1) is 0 Å². The molecule has 1 aromatic carbocycles. The van der Waals surface area contributed by atoms with Gasteiger partial charge in [-0.2, -0.15) is 5.26 Å². The number of hydrogen-bond donors (Lipinski definition) is 0. The van der Waals surface area contributed by atoms with E-state index >= 15 is 0 Å². The first-order valence-electron chi connectivity index (χ1n) is 3.18. The summed E-state index contributed by atoms with van der Waals surface area (Å²) in [6, 6.07) is 9.66. The fourth-order valence-corrected chi connectivity index (χ4v) is 0.767. The summed E-state index contributed by atoms with van der Waals surface area (Å²) in [5, 5.41) is 8.36. The molecule has 0 fully saturated rings. The highest BCUT2D eigenvalue weighted by Crippen LogP contribution is 2.22. The molecule has 1 aromatic rings. The van der Waals surface area contributed by atoms with Crippen LogP contribution in [0.25, 0.3) is 0 Å². The van der Waals surface area contributed by atoms with Gasteiger partial charge < -0.3 is 0 Å². The number of benzene rings is 1. The van der Waals surface area contributed by atoms with Gasteiger partial charge in [-0.25, -0.2) is 4.39 Å². The van der Waals surface area contributed by atoms with Crippen molar-refractivity contribution in [3.63, 3.8) is 0 Å². The maximum absolute atomic E-state index is 13.1. The summed E-state index contributed by atoms with van der Waals surface area (Å²) in [4.78, 5) is 0. The van der Waals surface area contributed by atoms with E-state index < -0.39 is 5.67 Å². The third kappa shape index (κ3) is 1.56. The van der Waals surface area contributed by atoms with Crippen LogP contribution in [0.5, 0.6) is 0 Å². The van der Waals surface area contributed by atoms with Crippen LogP contribution < -0.4 is 0 Å². The third-order valence-corrected chi connectivity index (χ3v) is 1.41. The lowest BCUT2D eigenvalue weighted by molar-refractivity contribution is 0.313. The molecular weight excluding hydrogens is 141 g/mol. The molecular formula is C9H7FN. The Bertz CT molecular complexity index is 271. The van der Waals surface area contributed by atoms with Crippen molar-refractivity contribution in [2.24, 2.45) is 0 Å². The van der Waals surface area contributed by atoms with E-state index in [0.29, 0.717) is 5.56 Å². The van der Waals surface area contributed by atoms with Crippen molar-refractivity contribution < 1.29 is 4.39 Å². The van der Waals surface area contributed by atoms with Crippen molar-refractivity contribution in [3.8, 4) is 6.07 Å². The lowest BCUT2D eigenvalue weighted by Crippen LogP contribution is -2.11. The second kappa shape index (κ2) is 2.71. The molecule has 0 aliphatic carbocycles. The summed E-state index contributed by atoms with van der Waals surface area (Å²) in [6.45, 7) is 3.13. The molecule has 0 N–H and O–H groups in total. The molecule has 0 saturated carbocycles. The molecule has 2 heteroatoms. The van der Waals surface area contributed by atoms with E-state index in [-0.39, 0.29) is 0 Å². The Morgan fingerprint density at radius 1 is 1.36 bits per heavy atom. The van der Waals surface area contributed by atoms with Crippen LogP contribution in [0.3, 0.4) is 0 Å². The van der Waals surface area contributed by atoms with Crippen molar-refractivity contribution in [2.75, 3.05) is 0 Å². The largest absolute Gasteiger partial charge is 0.222 e. The van der Waals surface area contributed by atoms with Crippen molar-refractivity contribution >= 4 is 0 Å². The summed E-state index contributed by atoms with van der Waals surface area (Å²) in [5.74, 6) is 0. The van der Waals surface area contributed by atoms with Crippen molar-refractivity contribution in [1.82, 2.24) is 0 Å². The highest BCUT2D eigenvalue weighted by atomic mass is 19.1. The van der Waals surface area contributed by atoms with Crippen LogP contribution in [-0.4, -0.2) is 0 Å². The van der Waals surface area contributed by atoms with Crippen molar-refractivity contribution in [2.45, 2.75) is 5.67 Å². The molecule has 0 heterocycles. The maximum Gasteiger partial charge on any atom is 0.221 e. The zero-order chi connectivity index (χ0) is 8.32. The first-order chi connectivity index (χ1) is 5.17. The Morgan fingerprint density at radius 3 is 2.36 bits per heavy atom. The fraction of sp³-hybridized carbons (Fsp3) is 0.111. The smallest absolute Gasteiger partial charge is 0.221 e. The highest BCUT2D eigenvalue weighted by Gasteiger charge is 2.24. The molecule has 1 radical (unpaired) electrons. The third-order valence-electron chi connectivity index (χ3n) is 1.41. The number of halogens is 1. The highest BCUT2D eigenvalue weighted by molar-refractivity contribution is 5.29. The van der Waals surface area contributed by atoms with Gasteiger partial charge in [0.25, 0.3) is 0 Å². The number of rotatable bonds is 1. The van der Waals surface area contributed by atoms with Crippen molar-refractivity contribution in [3.05, 3.63) is 42.8 Å². The average Bonchev–Trinajstić information content (AvgIpc) is 2.06. The predicted octanol–water partition coefficient (Wildman–Crippen LogP) is 2.21. The van der Waals surface area contributed by atoms with E-state index in [4.69, 9.17) is 5.26 Å². The number of nitriles is 1. The molecule has 55 valence electrons. The minimum absolute atomic E-state index is 0.294. The van der Waals surface area contributed by atoms with Crippen LogP contribution in [0.2, 0.25) is 0 Å². The number of alkyl halides is 1. The first-order valence-corrected chi connectivity index (χ1v) is 3.18. The Hall–Kier alpha value is -1.36. The van der Waals surface area contributed by atoms with Gasteiger partial charge in [-0.3, -0.25) is 0 Å². The average molecular weight is 148 g/mol. The molecule has 0 aliphatic rings. The van der Waals surface area contributed by atoms with Gasteiger partial charge in [0.1, 0.15) is 6.07 Å². The molecule has 1 nitrogen and oxygen atoms in total. The van der Waals surface area contributed by atoms with Crippen LogP contribution in [0.1, 0.15) is 5.56 Å². The molecule has 0 bridgehead atoms. The zero-order valence-electron chi connectivity index (χ0n) is 5.92. The molecule has 1 unspecified atom stereocenters. The Kier molecular flexibility index (Phi) is 1.91. The van der Waals surface area contributed by atoms with Crippen LogP contribution in [0.15, 0.2) is 30.3 Å². The zero-order valence-corrected chi connectivity index (χ0v) is 5.92. The minimum atomic E-state index is -2.11. The molecule has 0 spiro atoms. The van der Waals surface area contributed by atoms with E-state index in [1.54, 1.807) is 18.2 Å². The normalized spacial score (nSPS) is 15.0. The minimum Gasteiger partial charge on any atom is -0.222 e. The summed E-state index contributed by atoms with van der Waals surface area (Å²) in [6.07, 6.45) is 0. The molecule has 1 rings (SSSR count). The van der Waals surface area contributed by atoms with Gasteiger partial charge in [0.2, 0.25) is 5.67 Å². The van der Waals surface area contributed by atoms with Crippen LogP contribution in [0, 0.1) is 18.3 Å². The standard InChI is InChI=1S/C9H7FN/c1-9(10,7-11)8-5-3-2-4-6-8/h2-6H,1H2. The summed E-state index contributed by atoms with van der Waals surface area (Å²) < 4.78 is 13.1. The van der Waals surface area contributed by atoms with Crippen molar-refractivity contribution in [1.29, 1.82) is 5.26 Å². The Balaban J connectivity index is 3.05. The topological polar surface area (TPSA) is 23.8 Å². The molecule has 0 aliphatic heterocycles. The van der Waals surface area contributed by atoms with Crippen LogP contribution >= 0.6 is 0 Å². The fourth-order valence-electron chi connectivity index (χ4n) is 0.767. The van der Waals surface area contributed by atoms with E-state index in [0.717, 1.165) is 0 Å². The van der Waals surface area contributed by atoms with E-state index in [2.05, 4.69) is 6.92 Å². The van der Waals surface area contributed by atoms with E-state index in [9.17, 15) is 4.39 Å². The van der Waals surface area contributed by atoms with Gasteiger partial charge in [0.15, 0.2) is 0 Å². The van der Waals surface area contributed by atoms with Gasteiger partial charge in [-0.15, -0.1) is 0 Å². The van der Waals surface area contributed by atoms with Gasteiger partial charge in [-0.1, -0.05) is 30.3 Å². The second-order valence-electron chi connectivity index (χ2n) is 2.28. The number of nitrogens with zero attached hydrogens (tertiary/aromatic N) is 1. The summed E-state index contributed by atoms with van der Waals surface area (Å²) in [5.41, 5.74) is -1.82.